The van der Waals surface area contributed by atoms with E-state index in [9.17, 15) is 13.6 Å². The molecule has 124 valence electrons. The van der Waals surface area contributed by atoms with E-state index < -0.39 is 17.5 Å². The summed E-state index contributed by atoms with van der Waals surface area (Å²) < 4.78 is 32.5. The van der Waals surface area contributed by atoms with Gasteiger partial charge in [0.1, 0.15) is 17.2 Å². The van der Waals surface area contributed by atoms with Crippen LogP contribution >= 0.6 is 0 Å². The molecule has 0 aliphatic heterocycles. The standard InChI is InChI=1S/C20H13F2NO2/c1-11-14-8-6-12-4-2-3-5-15(12)19(14)25-18(11)20(24)23-17-9-7-13(21)10-16(17)22/h2-10H,1H3,(H,23,24). The Bertz CT molecular complexity index is 1130. The highest BCUT2D eigenvalue weighted by Gasteiger charge is 2.20. The van der Waals surface area contributed by atoms with Crippen molar-refractivity contribution in [1.82, 2.24) is 0 Å². The van der Waals surface area contributed by atoms with Crippen molar-refractivity contribution in [3.05, 3.63) is 77.6 Å². The average Bonchev–Trinajstić information content (AvgIpc) is 2.95. The third-order valence-electron chi connectivity index (χ3n) is 4.21. The molecule has 1 heterocycles. The molecular formula is C20H13F2NO2. The van der Waals surface area contributed by atoms with E-state index in [-0.39, 0.29) is 11.4 Å². The summed E-state index contributed by atoms with van der Waals surface area (Å²) in [6, 6.07) is 14.5. The summed E-state index contributed by atoms with van der Waals surface area (Å²) in [5.74, 6) is -2.02. The minimum absolute atomic E-state index is 0.101. The topological polar surface area (TPSA) is 42.2 Å². The molecule has 0 unspecified atom stereocenters. The molecule has 0 radical (unpaired) electrons. The molecule has 1 aromatic heterocycles. The fourth-order valence-electron chi connectivity index (χ4n) is 2.94. The summed E-state index contributed by atoms with van der Waals surface area (Å²) in [6.07, 6.45) is 0. The number of rotatable bonds is 2. The van der Waals surface area contributed by atoms with Gasteiger partial charge in [-0.1, -0.05) is 36.4 Å². The van der Waals surface area contributed by atoms with Crippen molar-refractivity contribution < 1.29 is 18.0 Å². The summed E-state index contributed by atoms with van der Waals surface area (Å²) in [6.45, 7) is 1.77. The Morgan fingerprint density at radius 3 is 2.60 bits per heavy atom. The second kappa shape index (κ2) is 5.70. The van der Waals surface area contributed by atoms with Gasteiger partial charge in [0.25, 0.3) is 5.91 Å². The number of amides is 1. The van der Waals surface area contributed by atoms with Gasteiger partial charge in [-0.2, -0.15) is 0 Å². The van der Waals surface area contributed by atoms with E-state index in [0.29, 0.717) is 17.2 Å². The number of halogens is 2. The number of hydrogen-bond donors (Lipinski definition) is 1. The Morgan fingerprint density at radius 2 is 1.80 bits per heavy atom. The first-order valence-electron chi connectivity index (χ1n) is 7.72. The number of nitrogens with one attached hydrogen (secondary N) is 1. The Hall–Kier alpha value is -3.21. The van der Waals surface area contributed by atoms with Gasteiger partial charge in [0.15, 0.2) is 5.76 Å². The molecule has 0 saturated heterocycles. The number of hydrogen-bond acceptors (Lipinski definition) is 2. The number of furan rings is 1. The van der Waals surface area contributed by atoms with Crippen LogP contribution in [0.1, 0.15) is 16.1 Å². The van der Waals surface area contributed by atoms with Gasteiger partial charge in [-0.3, -0.25) is 4.79 Å². The van der Waals surface area contributed by atoms with Crippen LogP contribution in [0.5, 0.6) is 0 Å². The largest absolute Gasteiger partial charge is 0.450 e. The van der Waals surface area contributed by atoms with Crippen LogP contribution in [0.15, 0.2) is 59.0 Å². The lowest BCUT2D eigenvalue weighted by Gasteiger charge is -2.05. The summed E-state index contributed by atoms with van der Waals surface area (Å²) in [7, 11) is 0. The van der Waals surface area contributed by atoms with E-state index in [2.05, 4.69) is 5.32 Å². The number of carbonyl (C=O) groups excluding carboxylic acids is 1. The zero-order valence-corrected chi connectivity index (χ0v) is 13.3. The lowest BCUT2D eigenvalue weighted by molar-refractivity contribution is 0.0997. The maximum absolute atomic E-state index is 13.8. The average molecular weight is 337 g/mol. The summed E-state index contributed by atoms with van der Waals surface area (Å²) in [4.78, 5) is 12.5. The molecule has 5 heteroatoms. The number of aryl methyl sites for hydroxylation is 1. The molecular weight excluding hydrogens is 324 g/mol. The minimum atomic E-state index is -0.840. The van der Waals surface area contributed by atoms with Crippen molar-refractivity contribution in [3.8, 4) is 0 Å². The quantitative estimate of drug-likeness (QED) is 0.530. The summed E-state index contributed by atoms with van der Waals surface area (Å²) in [5, 5.41) is 5.15. The molecule has 0 bridgehead atoms. The van der Waals surface area contributed by atoms with E-state index in [1.54, 1.807) is 6.92 Å². The highest BCUT2D eigenvalue weighted by Crippen LogP contribution is 2.32. The van der Waals surface area contributed by atoms with E-state index in [4.69, 9.17) is 4.42 Å². The molecule has 25 heavy (non-hydrogen) atoms. The number of benzene rings is 3. The lowest BCUT2D eigenvalue weighted by Crippen LogP contribution is -2.13. The van der Waals surface area contributed by atoms with Crippen LogP contribution in [0, 0.1) is 18.6 Å². The monoisotopic (exact) mass is 337 g/mol. The van der Waals surface area contributed by atoms with Gasteiger partial charge in [-0.15, -0.1) is 0 Å². The molecule has 3 aromatic carbocycles. The first-order chi connectivity index (χ1) is 12.0. The van der Waals surface area contributed by atoms with Gasteiger partial charge in [-0.25, -0.2) is 8.78 Å². The van der Waals surface area contributed by atoms with Gasteiger partial charge in [-0.05, 0) is 24.4 Å². The molecule has 4 rings (SSSR count). The SMILES string of the molecule is Cc1c(C(=O)Nc2ccc(F)cc2F)oc2c1ccc1ccccc12. The zero-order chi connectivity index (χ0) is 17.6. The molecule has 1 amide bonds. The predicted octanol–water partition coefficient (Wildman–Crippen LogP) is 5.42. The molecule has 3 nitrogen and oxygen atoms in total. The van der Waals surface area contributed by atoms with Crippen LogP contribution < -0.4 is 5.32 Å². The van der Waals surface area contributed by atoms with Crippen LogP contribution in [-0.4, -0.2) is 5.91 Å². The lowest BCUT2D eigenvalue weighted by atomic mass is 10.1. The van der Waals surface area contributed by atoms with Crippen LogP contribution in [0.2, 0.25) is 0 Å². The summed E-state index contributed by atoms with van der Waals surface area (Å²) in [5.41, 5.74) is 1.18. The molecule has 0 fully saturated rings. The number of carbonyl (C=O) groups is 1. The van der Waals surface area contributed by atoms with Crippen LogP contribution in [0.3, 0.4) is 0 Å². The normalized spacial score (nSPS) is 11.2. The van der Waals surface area contributed by atoms with E-state index in [1.165, 1.54) is 6.07 Å². The van der Waals surface area contributed by atoms with E-state index >= 15 is 0 Å². The summed E-state index contributed by atoms with van der Waals surface area (Å²) >= 11 is 0. The van der Waals surface area contributed by atoms with Gasteiger partial charge in [0, 0.05) is 22.4 Å². The van der Waals surface area contributed by atoms with Crippen LogP contribution in [-0.2, 0) is 0 Å². The molecule has 0 aliphatic rings. The molecule has 0 saturated carbocycles. The Labute approximate surface area is 141 Å². The Balaban J connectivity index is 1.79. The van der Waals surface area contributed by atoms with Crippen molar-refractivity contribution in [2.24, 2.45) is 0 Å². The van der Waals surface area contributed by atoms with Gasteiger partial charge in [0.05, 0.1) is 5.69 Å². The van der Waals surface area contributed by atoms with Gasteiger partial charge in [0.2, 0.25) is 0 Å². The second-order valence-electron chi connectivity index (χ2n) is 5.80. The minimum Gasteiger partial charge on any atom is -0.450 e. The highest BCUT2D eigenvalue weighted by atomic mass is 19.1. The maximum atomic E-state index is 13.8. The van der Waals surface area contributed by atoms with Gasteiger partial charge < -0.3 is 9.73 Å². The van der Waals surface area contributed by atoms with Crippen LogP contribution in [0.25, 0.3) is 21.7 Å². The van der Waals surface area contributed by atoms with Crippen molar-refractivity contribution in [3.63, 3.8) is 0 Å². The third kappa shape index (κ3) is 2.54. The fourth-order valence-corrected chi connectivity index (χ4v) is 2.94. The molecule has 4 aromatic rings. The Kier molecular flexibility index (Phi) is 3.50. The fraction of sp³-hybridized carbons (Fsp3) is 0.0500. The van der Waals surface area contributed by atoms with Crippen molar-refractivity contribution in [2.45, 2.75) is 6.92 Å². The van der Waals surface area contributed by atoms with Crippen molar-refractivity contribution in [1.29, 1.82) is 0 Å². The smallest absolute Gasteiger partial charge is 0.291 e. The first kappa shape index (κ1) is 15.3. The number of anilines is 1. The van der Waals surface area contributed by atoms with Crippen LogP contribution in [0.4, 0.5) is 14.5 Å². The second-order valence-corrected chi connectivity index (χ2v) is 5.80. The molecule has 1 N–H and O–H groups in total. The maximum Gasteiger partial charge on any atom is 0.291 e. The molecule has 0 atom stereocenters. The highest BCUT2D eigenvalue weighted by molar-refractivity contribution is 6.11. The van der Waals surface area contributed by atoms with Gasteiger partial charge >= 0.3 is 0 Å². The molecule has 0 aliphatic carbocycles. The van der Waals surface area contributed by atoms with E-state index in [0.717, 1.165) is 22.2 Å². The number of fused-ring (bicyclic) bond motifs is 3. The molecule has 0 spiro atoms. The van der Waals surface area contributed by atoms with E-state index in [1.807, 2.05) is 36.4 Å². The zero-order valence-electron chi connectivity index (χ0n) is 13.3. The third-order valence-corrected chi connectivity index (χ3v) is 4.21. The van der Waals surface area contributed by atoms with Crippen molar-refractivity contribution >= 4 is 33.3 Å². The van der Waals surface area contributed by atoms with Crippen molar-refractivity contribution in [2.75, 3.05) is 5.32 Å². The Morgan fingerprint density at radius 1 is 1.00 bits per heavy atom. The first-order valence-corrected chi connectivity index (χ1v) is 7.72. The predicted molar refractivity (Wildman–Crippen MR) is 92.8 cm³/mol.